The van der Waals surface area contributed by atoms with Crippen LogP contribution < -0.4 is 9.47 Å². The molecule has 0 aliphatic heterocycles. The van der Waals surface area contributed by atoms with Crippen LogP contribution in [0.1, 0.15) is 13.8 Å². The number of benzene rings is 1. The van der Waals surface area contributed by atoms with Gasteiger partial charge in [0.05, 0.1) is 7.11 Å². The third kappa shape index (κ3) is 2.40. The van der Waals surface area contributed by atoms with Gasteiger partial charge in [-0.25, -0.2) is 0 Å². The Balaban J connectivity index is 2.92. The fourth-order valence-electron chi connectivity index (χ4n) is 1.00. The lowest BCUT2D eigenvalue weighted by Crippen LogP contribution is -2.25. The number of hydrogen-bond acceptors (Lipinski definition) is 3. The molecule has 0 saturated carbocycles. The van der Waals surface area contributed by atoms with E-state index < -0.39 is 5.60 Å². The van der Waals surface area contributed by atoms with Gasteiger partial charge in [0.25, 0.3) is 0 Å². The normalized spacial score (nSPS) is 10.4. The summed E-state index contributed by atoms with van der Waals surface area (Å²) < 4.78 is 10.6. The van der Waals surface area contributed by atoms with Gasteiger partial charge < -0.3 is 9.47 Å². The minimum absolute atomic E-state index is 0.585. The van der Waals surface area contributed by atoms with Crippen LogP contribution in [0.25, 0.3) is 0 Å². The summed E-state index contributed by atoms with van der Waals surface area (Å²) in [6.45, 7) is 3.42. The van der Waals surface area contributed by atoms with Crippen molar-refractivity contribution in [2.75, 3.05) is 7.11 Å². The van der Waals surface area contributed by atoms with Crippen LogP contribution in [0.15, 0.2) is 24.3 Å². The Morgan fingerprint density at radius 3 is 2.29 bits per heavy atom. The number of para-hydroxylation sites is 2. The largest absolute Gasteiger partial charge is 0.493 e. The van der Waals surface area contributed by atoms with E-state index in [1.807, 2.05) is 12.1 Å². The molecular weight excluding hydrogens is 178 g/mol. The van der Waals surface area contributed by atoms with Gasteiger partial charge in [0.1, 0.15) is 6.07 Å². The van der Waals surface area contributed by atoms with Gasteiger partial charge in [0.15, 0.2) is 17.1 Å². The van der Waals surface area contributed by atoms with Crippen molar-refractivity contribution in [3.63, 3.8) is 0 Å². The van der Waals surface area contributed by atoms with Gasteiger partial charge in [-0.3, -0.25) is 0 Å². The van der Waals surface area contributed by atoms with Crippen LogP contribution in [0.2, 0.25) is 0 Å². The molecule has 0 N–H and O–H groups in total. The fraction of sp³-hybridized carbons (Fsp3) is 0.364. The van der Waals surface area contributed by atoms with Crippen molar-refractivity contribution in [3.05, 3.63) is 24.3 Å². The monoisotopic (exact) mass is 191 g/mol. The van der Waals surface area contributed by atoms with Gasteiger partial charge >= 0.3 is 0 Å². The highest BCUT2D eigenvalue weighted by Gasteiger charge is 2.20. The highest BCUT2D eigenvalue weighted by molar-refractivity contribution is 5.40. The van der Waals surface area contributed by atoms with E-state index >= 15 is 0 Å². The first-order chi connectivity index (χ1) is 6.59. The quantitative estimate of drug-likeness (QED) is 0.736. The van der Waals surface area contributed by atoms with E-state index in [0.717, 1.165) is 0 Å². The van der Waals surface area contributed by atoms with Gasteiger partial charge in [-0.15, -0.1) is 0 Å². The maximum Gasteiger partial charge on any atom is 0.188 e. The van der Waals surface area contributed by atoms with E-state index in [1.54, 1.807) is 33.1 Å². The number of nitrogens with zero attached hydrogens (tertiary/aromatic N) is 1. The van der Waals surface area contributed by atoms with Crippen LogP contribution in [-0.2, 0) is 0 Å². The van der Waals surface area contributed by atoms with E-state index in [2.05, 4.69) is 6.07 Å². The molecule has 0 heterocycles. The fourth-order valence-corrected chi connectivity index (χ4v) is 1.00. The molecule has 3 heteroatoms. The van der Waals surface area contributed by atoms with Crippen LogP contribution in [0.5, 0.6) is 11.5 Å². The molecule has 0 saturated heterocycles. The molecule has 0 spiro atoms. The van der Waals surface area contributed by atoms with E-state index in [1.165, 1.54) is 0 Å². The van der Waals surface area contributed by atoms with E-state index in [9.17, 15) is 0 Å². The van der Waals surface area contributed by atoms with Crippen molar-refractivity contribution < 1.29 is 9.47 Å². The average molecular weight is 191 g/mol. The Morgan fingerprint density at radius 1 is 1.21 bits per heavy atom. The molecule has 1 aromatic rings. The van der Waals surface area contributed by atoms with E-state index in [-0.39, 0.29) is 0 Å². The van der Waals surface area contributed by atoms with Crippen molar-refractivity contribution in [1.29, 1.82) is 5.26 Å². The summed E-state index contributed by atoms with van der Waals surface area (Å²) in [5.41, 5.74) is -0.839. The second-order valence-electron chi connectivity index (χ2n) is 3.38. The lowest BCUT2D eigenvalue weighted by molar-refractivity contribution is 0.163. The molecule has 3 nitrogen and oxygen atoms in total. The minimum atomic E-state index is -0.839. The van der Waals surface area contributed by atoms with Crippen LogP contribution in [0.3, 0.4) is 0 Å². The maximum atomic E-state index is 8.80. The topological polar surface area (TPSA) is 42.2 Å². The number of ether oxygens (including phenoxy) is 2. The lowest BCUT2D eigenvalue weighted by Gasteiger charge is -2.19. The first-order valence-electron chi connectivity index (χ1n) is 4.32. The van der Waals surface area contributed by atoms with Crippen LogP contribution >= 0.6 is 0 Å². The molecule has 0 bridgehead atoms. The predicted octanol–water partition coefficient (Wildman–Crippen LogP) is 2.38. The van der Waals surface area contributed by atoms with Crippen LogP contribution in [0.4, 0.5) is 0 Å². The zero-order valence-electron chi connectivity index (χ0n) is 8.57. The minimum Gasteiger partial charge on any atom is -0.493 e. The molecule has 74 valence electrons. The Labute approximate surface area is 83.9 Å². The highest BCUT2D eigenvalue weighted by atomic mass is 16.5. The molecule has 0 aliphatic rings. The molecule has 0 fully saturated rings. The molecular formula is C11H13NO2. The highest BCUT2D eigenvalue weighted by Crippen LogP contribution is 2.28. The van der Waals surface area contributed by atoms with Crippen molar-refractivity contribution in [2.24, 2.45) is 0 Å². The summed E-state index contributed by atoms with van der Waals surface area (Å²) in [6.07, 6.45) is 0. The summed E-state index contributed by atoms with van der Waals surface area (Å²) in [5, 5.41) is 8.80. The van der Waals surface area contributed by atoms with Gasteiger partial charge in [0.2, 0.25) is 0 Å². The Morgan fingerprint density at radius 2 is 1.79 bits per heavy atom. The Hall–Kier alpha value is -1.69. The molecule has 0 unspecified atom stereocenters. The SMILES string of the molecule is COc1ccccc1OC(C)(C)C#N. The molecule has 0 atom stereocenters. The summed E-state index contributed by atoms with van der Waals surface area (Å²) in [4.78, 5) is 0. The van der Waals surface area contributed by atoms with E-state index in [4.69, 9.17) is 14.7 Å². The predicted molar refractivity (Wildman–Crippen MR) is 53.3 cm³/mol. The van der Waals surface area contributed by atoms with Crippen LogP contribution in [0, 0.1) is 11.3 Å². The maximum absolute atomic E-state index is 8.80. The van der Waals surface area contributed by atoms with Crippen molar-refractivity contribution in [3.8, 4) is 17.6 Å². The van der Waals surface area contributed by atoms with Crippen LogP contribution in [-0.4, -0.2) is 12.7 Å². The zero-order valence-corrected chi connectivity index (χ0v) is 8.57. The summed E-state index contributed by atoms with van der Waals surface area (Å²) >= 11 is 0. The smallest absolute Gasteiger partial charge is 0.188 e. The van der Waals surface area contributed by atoms with E-state index in [0.29, 0.717) is 11.5 Å². The summed E-state index contributed by atoms with van der Waals surface area (Å²) in [5.74, 6) is 1.22. The average Bonchev–Trinajstić information content (AvgIpc) is 2.18. The number of hydrogen-bond donors (Lipinski definition) is 0. The van der Waals surface area contributed by atoms with Crippen molar-refractivity contribution in [1.82, 2.24) is 0 Å². The Bertz CT molecular complexity index is 353. The summed E-state index contributed by atoms with van der Waals surface area (Å²) in [6, 6.07) is 9.32. The zero-order chi connectivity index (χ0) is 10.6. The molecule has 1 rings (SSSR count). The molecule has 14 heavy (non-hydrogen) atoms. The van der Waals surface area contributed by atoms with Gasteiger partial charge in [-0.1, -0.05) is 12.1 Å². The summed E-state index contributed by atoms with van der Waals surface area (Å²) in [7, 11) is 1.57. The third-order valence-electron chi connectivity index (χ3n) is 1.70. The number of rotatable bonds is 3. The molecule has 1 aromatic carbocycles. The first kappa shape index (κ1) is 10.4. The second kappa shape index (κ2) is 4.01. The van der Waals surface area contributed by atoms with Gasteiger partial charge in [-0.05, 0) is 26.0 Å². The number of methoxy groups -OCH3 is 1. The molecule has 0 aliphatic carbocycles. The molecule has 0 radical (unpaired) electrons. The second-order valence-corrected chi connectivity index (χ2v) is 3.38. The van der Waals surface area contributed by atoms with Gasteiger partial charge in [0, 0.05) is 0 Å². The van der Waals surface area contributed by atoms with Crippen molar-refractivity contribution >= 4 is 0 Å². The standard InChI is InChI=1S/C11H13NO2/c1-11(2,8-12)14-10-7-5-4-6-9(10)13-3/h4-7H,1-3H3. The molecule has 0 amide bonds. The number of nitriles is 1. The first-order valence-corrected chi connectivity index (χ1v) is 4.32. The molecule has 0 aromatic heterocycles. The lowest BCUT2D eigenvalue weighted by atomic mass is 10.2. The third-order valence-corrected chi connectivity index (χ3v) is 1.70. The van der Waals surface area contributed by atoms with Crippen molar-refractivity contribution in [2.45, 2.75) is 19.4 Å². The van der Waals surface area contributed by atoms with Gasteiger partial charge in [-0.2, -0.15) is 5.26 Å². The Kier molecular flexibility index (Phi) is 2.98.